The third-order valence-electron chi connectivity index (χ3n) is 2.43. The topological polar surface area (TPSA) is 92.4 Å². The fourth-order valence-corrected chi connectivity index (χ4v) is 1.92. The predicted octanol–water partition coefficient (Wildman–Crippen LogP) is 0.977. The Hall–Kier alpha value is -1.10. The number of nitrogens with one attached hydrogen (secondary N) is 1. The molecule has 0 saturated carbocycles. The minimum Gasteiger partial charge on any atom is -0.481 e. The highest BCUT2D eigenvalue weighted by Gasteiger charge is 2.23. The molecule has 5 heteroatoms. The Morgan fingerprint density at radius 2 is 1.88 bits per heavy atom. The van der Waals surface area contributed by atoms with Crippen LogP contribution in [0.4, 0.5) is 0 Å². The van der Waals surface area contributed by atoms with Crippen LogP contribution < -0.4 is 11.1 Å². The lowest BCUT2D eigenvalue weighted by atomic mass is 9.84. The zero-order valence-corrected chi connectivity index (χ0v) is 11.1. The van der Waals surface area contributed by atoms with E-state index in [9.17, 15) is 9.59 Å². The van der Waals surface area contributed by atoms with Crippen LogP contribution in [0.1, 0.15) is 40.5 Å². The van der Waals surface area contributed by atoms with Crippen LogP contribution in [0, 0.1) is 11.3 Å². The number of carboxylic acids is 1. The Morgan fingerprint density at radius 3 is 2.29 bits per heavy atom. The van der Waals surface area contributed by atoms with E-state index in [1.165, 1.54) is 0 Å². The van der Waals surface area contributed by atoms with Crippen molar-refractivity contribution in [3.05, 3.63) is 0 Å². The van der Waals surface area contributed by atoms with Crippen molar-refractivity contribution in [3.63, 3.8) is 0 Å². The molecular weight excluding hydrogens is 220 g/mol. The van der Waals surface area contributed by atoms with Gasteiger partial charge in [0.25, 0.3) is 0 Å². The molecule has 0 radical (unpaired) electrons. The van der Waals surface area contributed by atoms with Gasteiger partial charge in [0.2, 0.25) is 5.91 Å². The van der Waals surface area contributed by atoms with Crippen LogP contribution in [0.15, 0.2) is 0 Å². The van der Waals surface area contributed by atoms with Gasteiger partial charge in [-0.3, -0.25) is 9.59 Å². The third kappa shape index (κ3) is 7.74. The predicted molar refractivity (Wildman–Crippen MR) is 66.5 cm³/mol. The van der Waals surface area contributed by atoms with E-state index in [4.69, 9.17) is 10.8 Å². The molecule has 100 valence electrons. The highest BCUT2D eigenvalue weighted by Crippen LogP contribution is 2.23. The molecule has 0 aromatic carbocycles. The van der Waals surface area contributed by atoms with E-state index >= 15 is 0 Å². The summed E-state index contributed by atoms with van der Waals surface area (Å²) in [5.74, 6) is -0.909. The Morgan fingerprint density at radius 1 is 1.35 bits per heavy atom. The van der Waals surface area contributed by atoms with Crippen molar-refractivity contribution < 1.29 is 14.7 Å². The number of hydrogen-bond donors (Lipinski definition) is 3. The maximum atomic E-state index is 11.5. The average Bonchev–Trinajstić information content (AvgIpc) is 2.11. The molecule has 0 spiro atoms. The van der Waals surface area contributed by atoms with Gasteiger partial charge >= 0.3 is 5.97 Å². The van der Waals surface area contributed by atoms with Gasteiger partial charge in [-0.05, 0) is 17.8 Å². The van der Waals surface area contributed by atoms with Crippen LogP contribution >= 0.6 is 0 Å². The molecule has 1 amide bonds. The van der Waals surface area contributed by atoms with Crippen LogP contribution in [0.5, 0.6) is 0 Å². The van der Waals surface area contributed by atoms with E-state index in [0.29, 0.717) is 12.5 Å². The lowest BCUT2D eigenvalue weighted by Gasteiger charge is -2.27. The Balaban J connectivity index is 4.10. The second-order valence-corrected chi connectivity index (χ2v) is 5.68. The average molecular weight is 244 g/mol. The van der Waals surface area contributed by atoms with Gasteiger partial charge < -0.3 is 16.2 Å². The zero-order valence-electron chi connectivity index (χ0n) is 11.1. The Kier molecular flexibility index (Phi) is 6.16. The molecule has 0 heterocycles. The summed E-state index contributed by atoms with van der Waals surface area (Å²) < 4.78 is 0. The minimum absolute atomic E-state index is 0.00717. The van der Waals surface area contributed by atoms with Gasteiger partial charge in [-0.1, -0.05) is 27.7 Å². The fourth-order valence-electron chi connectivity index (χ4n) is 1.92. The van der Waals surface area contributed by atoms with Crippen LogP contribution in [0.2, 0.25) is 0 Å². The molecule has 0 aliphatic rings. The maximum absolute atomic E-state index is 11.5. The highest BCUT2D eigenvalue weighted by atomic mass is 16.4. The molecule has 0 rings (SSSR count). The molecule has 1 unspecified atom stereocenters. The minimum atomic E-state index is -1.06. The molecule has 0 bridgehead atoms. The molecule has 17 heavy (non-hydrogen) atoms. The van der Waals surface area contributed by atoms with Gasteiger partial charge in [-0.15, -0.1) is 0 Å². The van der Waals surface area contributed by atoms with Gasteiger partial charge in [0.05, 0.1) is 12.5 Å². The van der Waals surface area contributed by atoms with Crippen molar-refractivity contribution in [1.82, 2.24) is 5.32 Å². The van der Waals surface area contributed by atoms with E-state index in [1.807, 2.05) is 0 Å². The molecule has 0 aliphatic heterocycles. The summed E-state index contributed by atoms with van der Waals surface area (Å²) in [6, 6.07) is -0.970. The quantitative estimate of drug-likeness (QED) is 0.622. The normalized spacial score (nSPS) is 13.5. The summed E-state index contributed by atoms with van der Waals surface area (Å²) in [6.45, 7) is 8.89. The number of amides is 1. The summed E-state index contributed by atoms with van der Waals surface area (Å²) in [6.07, 6.45) is 0.651. The first kappa shape index (κ1) is 15.9. The van der Waals surface area contributed by atoms with Crippen LogP contribution in [-0.4, -0.2) is 29.6 Å². The number of hydrogen-bond acceptors (Lipinski definition) is 3. The molecule has 0 saturated heterocycles. The molecule has 0 aliphatic carbocycles. The van der Waals surface area contributed by atoms with Crippen LogP contribution in [-0.2, 0) is 9.59 Å². The van der Waals surface area contributed by atoms with Crippen molar-refractivity contribution >= 4 is 11.9 Å². The molecule has 1 atom stereocenters. The lowest BCUT2D eigenvalue weighted by molar-refractivity contribution is -0.139. The van der Waals surface area contributed by atoms with Gasteiger partial charge in [0, 0.05) is 6.54 Å². The molecule has 0 aromatic rings. The highest BCUT2D eigenvalue weighted by molar-refractivity contribution is 5.85. The fraction of sp³-hybridized carbons (Fsp3) is 0.833. The van der Waals surface area contributed by atoms with Crippen molar-refractivity contribution in [1.29, 1.82) is 0 Å². The number of nitrogens with two attached hydrogens (primary N) is 1. The third-order valence-corrected chi connectivity index (χ3v) is 2.43. The van der Waals surface area contributed by atoms with E-state index in [0.717, 1.165) is 6.42 Å². The van der Waals surface area contributed by atoms with E-state index < -0.39 is 17.9 Å². The van der Waals surface area contributed by atoms with Crippen molar-refractivity contribution in [3.8, 4) is 0 Å². The molecule has 4 N–H and O–H groups in total. The van der Waals surface area contributed by atoms with Crippen LogP contribution in [0.3, 0.4) is 0 Å². The summed E-state index contributed by atoms with van der Waals surface area (Å²) in [5, 5.41) is 11.2. The van der Waals surface area contributed by atoms with Crippen LogP contribution in [0.25, 0.3) is 0 Å². The summed E-state index contributed by atoms with van der Waals surface area (Å²) in [7, 11) is 0. The number of carbonyl (C=O) groups excluding carboxylic acids is 1. The van der Waals surface area contributed by atoms with Gasteiger partial charge in [0.1, 0.15) is 0 Å². The van der Waals surface area contributed by atoms with E-state index in [1.54, 1.807) is 0 Å². The van der Waals surface area contributed by atoms with Crippen molar-refractivity contribution in [2.45, 2.75) is 46.6 Å². The first-order valence-electron chi connectivity index (χ1n) is 5.89. The van der Waals surface area contributed by atoms with E-state index in [-0.39, 0.29) is 11.8 Å². The lowest BCUT2D eigenvalue weighted by Crippen LogP contribution is -2.45. The maximum Gasteiger partial charge on any atom is 0.305 e. The first-order valence-corrected chi connectivity index (χ1v) is 5.89. The van der Waals surface area contributed by atoms with Gasteiger partial charge in [-0.2, -0.15) is 0 Å². The van der Waals surface area contributed by atoms with Gasteiger partial charge in [-0.25, -0.2) is 0 Å². The second kappa shape index (κ2) is 6.59. The van der Waals surface area contributed by atoms with E-state index in [2.05, 4.69) is 33.0 Å². The molecule has 0 aromatic heterocycles. The number of rotatable bonds is 7. The largest absolute Gasteiger partial charge is 0.481 e. The number of carboxylic acid groups (broad SMARTS) is 1. The number of carbonyl (C=O) groups is 2. The first-order chi connectivity index (χ1) is 7.64. The summed E-state index contributed by atoms with van der Waals surface area (Å²) >= 11 is 0. The zero-order chi connectivity index (χ0) is 13.6. The van der Waals surface area contributed by atoms with Crippen molar-refractivity contribution in [2.24, 2.45) is 17.1 Å². The van der Waals surface area contributed by atoms with Crippen molar-refractivity contribution in [2.75, 3.05) is 6.54 Å². The molecular formula is C12H24N2O3. The summed E-state index contributed by atoms with van der Waals surface area (Å²) in [5.41, 5.74) is 5.45. The smallest absolute Gasteiger partial charge is 0.305 e. The van der Waals surface area contributed by atoms with Gasteiger partial charge in [0.15, 0.2) is 0 Å². The SMILES string of the molecule is CC(C)CC(C)(C)CNC(=O)C(N)CC(=O)O. The Labute approximate surface area is 103 Å². The monoisotopic (exact) mass is 244 g/mol. The summed E-state index contributed by atoms with van der Waals surface area (Å²) in [4.78, 5) is 21.9. The molecule has 0 fully saturated rings. The molecule has 5 nitrogen and oxygen atoms in total. The number of aliphatic carboxylic acids is 1. The second-order valence-electron chi connectivity index (χ2n) is 5.68. The Bertz CT molecular complexity index is 275. The standard InChI is InChI=1S/C12H24N2O3/c1-8(2)6-12(3,4)7-14-11(17)9(13)5-10(15)16/h8-9H,5-7,13H2,1-4H3,(H,14,17)(H,15,16).